The predicted octanol–water partition coefficient (Wildman–Crippen LogP) is 3.74. The summed E-state index contributed by atoms with van der Waals surface area (Å²) < 4.78 is 2.72. The van der Waals surface area contributed by atoms with Gasteiger partial charge in [-0.15, -0.1) is 0 Å². The molecule has 0 aliphatic carbocycles. The smallest absolute Gasteiger partial charge is 0.228 e. The Morgan fingerprint density at radius 2 is 2.38 bits per heavy atom. The molecule has 0 saturated carbocycles. The first-order valence-corrected chi connectivity index (χ1v) is 7.66. The molecule has 1 aromatic carbocycles. The third kappa shape index (κ3) is 3.22. The number of nitrogens with zero attached hydrogens (tertiary/aromatic N) is 3. The number of aromatic nitrogens is 3. The maximum Gasteiger partial charge on any atom is 0.228 e. The molecule has 0 bridgehead atoms. The second-order valence-corrected chi connectivity index (χ2v) is 6.19. The van der Waals surface area contributed by atoms with Crippen LogP contribution < -0.4 is 5.32 Å². The van der Waals surface area contributed by atoms with E-state index in [2.05, 4.69) is 15.4 Å². The van der Waals surface area contributed by atoms with Crippen LogP contribution in [0.4, 0.5) is 5.13 Å². The number of benzene rings is 1. The van der Waals surface area contributed by atoms with Gasteiger partial charge in [0.05, 0.1) is 16.3 Å². The number of anilines is 1. The minimum Gasteiger partial charge on any atom is -0.302 e. The molecule has 21 heavy (non-hydrogen) atoms. The Bertz CT molecular complexity index is 768. The van der Waals surface area contributed by atoms with Crippen LogP contribution in [0, 0.1) is 0 Å². The Kier molecular flexibility index (Phi) is 3.90. The van der Waals surface area contributed by atoms with E-state index in [0.717, 1.165) is 10.2 Å². The van der Waals surface area contributed by atoms with Gasteiger partial charge < -0.3 is 5.32 Å². The van der Waals surface area contributed by atoms with Gasteiger partial charge in [0.1, 0.15) is 0 Å². The van der Waals surface area contributed by atoms with Crippen molar-refractivity contribution in [2.75, 3.05) is 5.32 Å². The SMILES string of the molecule is CC(CC(=O)Nc1nc2ccc(Cl)cc2s1)n1cccn1. The Labute approximate surface area is 130 Å². The number of hydrogen-bond donors (Lipinski definition) is 1. The number of carbonyl (C=O) groups is 1. The summed E-state index contributed by atoms with van der Waals surface area (Å²) in [5.74, 6) is -0.0804. The maximum absolute atomic E-state index is 12.1. The van der Waals surface area contributed by atoms with Gasteiger partial charge in [0.25, 0.3) is 0 Å². The van der Waals surface area contributed by atoms with Gasteiger partial charge in [0.2, 0.25) is 5.91 Å². The monoisotopic (exact) mass is 320 g/mol. The number of thiazole rings is 1. The zero-order valence-corrected chi connectivity index (χ0v) is 12.9. The van der Waals surface area contributed by atoms with Crippen molar-refractivity contribution in [3.05, 3.63) is 41.7 Å². The van der Waals surface area contributed by atoms with E-state index in [1.54, 1.807) is 16.9 Å². The number of rotatable bonds is 4. The molecule has 0 aliphatic heterocycles. The van der Waals surface area contributed by atoms with E-state index in [0.29, 0.717) is 16.6 Å². The molecule has 0 aliphatic rings. The van der Waals surface area contributed by atoms with Gasteiger partial charge in [-0.3, -0.25) is 9.48 Å². The zero-order valence-electron chi connectivity index (χ0n) is 11.3. The normalized spacial score (nSPS) is 12.5. The molecule has 0 radical (unpaired) electrons. The van der Waals surface area contributed by atoms with Crippen molar-refractivity contribution in [2.24, 2.45) is 0 Å². The summed E-state index contributed by atoms with van der Waals surface area (Å²) in [6.07, 6.45) is 3.89. The second kappa shape index (κ2) is 5.83. The van der Waals surface area contributed by atoms with E-state index in [1.165, 1.54) is 11.3 Å². The lowest BCUT2D eigenvalue weighted by Crippen LogP contribution is -2.17. The van der Waals surface area contributed by atoms with E-state index in [-0.39, 0.29) is 11.9 Å². The highest BCUT2D eigenvalue weighted by Crippen LogP contribution is 2.28. The summed E-state index contributed by atoms with van der Waals surface area (Å²) in [7, 11) is 0. The summed E-state index contributed by atoms with van der Waals surface area (Å²) in [5, 5.41) is 8.21. The molecule has 3 rings (SSSR count). The highest BCUT2D eigenvalue weighted by molar-refractivity contribution is 7.22. The molecule has 1 atom stereocenters. The highest BCUT2D eigenvalue weighted by Gasteiger charge is 2.13. The van der Waals surface area contributed by atoms with Gasteiger partial charge in [-0.05, 0) is 31.2 Å². The lowest BCUT2D eigenvalue weighted by Gasteiger charge is -2.10. The summed E-state index contributed by atoms with van der Waals surface area (Å²) in [4.78, 5) is 16.4. The van der Waals surface area contributed by atoms with Crippen LogP contribution in [-0.2, 0) is 4.79 Å². The fraction of sp³-hybridized carbons (Fsp3) is 0.214. The van der Waals surface area contributed by atoms with Crippen LogP contribution in [0.2, 0.25) is 5.02 Å². The minimum absolute atomic E-state index is 0.00354. The second-order valence-electron chi connectivity index (χ2n) is 4.72. The van der Waals surface area contributed by atoms with Crippen molar-refractivity contribution in [3.63, 3.8) is 0 Å². The molecule has 0 spiro atoms. The van der Waals surface area contributed by atoms with E-state index in [9.17, 15) is 4.79 Å². The third-order valence-corrected chi connectivity index (χ3v) is 4.22. The minimum atomic E-state index is -0.0804. The van der Waals surface area contributed by atoms with E-state index < -0.39 is 0 Å². The van der Waals surface area contributed by atoms with Crippen molar-refractivity contribution in [3.8, 4) is 0 Å². The highest BCUT2D eigenvalue weighted by atomic mass is 35.5. The van der Waals surface area contributed by atoms with Crippen molar-refractivity contribution in [2.45, 2.75) is 19.4 Å². The topological polar surface area (TPSA) is 59.8 Å². The summed E-state index contributed by atoms with van der Waals surface area (Å²) in [6.45, 7) is 1.95. The molecule has 1 N–H and O–H groups in total. The number of halogens is 1. The van der Waals surface area contributed by atoms with E-state index >= 15 is 0 Å². The largest absolute Gasteiger partial charge is 0.302 e. The molecular weight excluding hydrogens is 308 g/mol. The van der Waals surface area contributed by atoms with Crippen molar-refractivity contribution < 1.29 is 4.79 Å². The van der Waals surface area contributed by atoms with Gasteiger partial charge in [-0.1, -0.05) is 22.9 Å². The standard InChI is InChI=1S/C14H13ClN4OS/c1-9(19-6-2-5-16-19)7-13(20)18-14-17-11-4-3-10(15)8-12(11)21-14/h2-6,8-9H,7H2,1H3,(H,17,18,20). The van der Waals surface area contributed by atoms with Crippen LogP contribution in [0.5, 0.6) is 0 Å². The molecule has 2 heterocycles. The summed E-state index contributed by atoms with van der Waals surface area (Å²) >= 11 is 7.36. The molecule has 0 fully saturated rings. The fourth-order valence-corrected chi connectivity index (χ4v) is 3.18. The van der Waals surface area contributed by atoms with Gasteiger partial charge in [-0.25, -0.2) is 4.98 Å². The Balaban J connectivity index is 1.68. The molecule has 1 amide bonds. The number of carbonyl (C=O) groups excluding carboxylic acids is 1. The Morgan fingerprint density at radius 1 is 1.52 bits per heavy atom. The van der Waals surface area contributed by atoms with Crippen LogP contribution in [0.15, 0.2) is 36.7 Å². The van der Waals surface area contributed by atoms with Gasteiger partial charge >= 0.3 is 0 Å². The third-order valence-electron chi connectivity index (χ3n) is 3.05. The Hall–Kier alpha value is -1.92. The van der Waals surface area contributed by atoms with Gasteiger partial charge in [-0.2, -0.15) is 5.10 Å². The first-order valence-electron chi connectivity index (χ1n) is 6.47. The van der Waals surface area contributed by atoms with E-state index in [4.69, 9.17) is 11.6 Å². The molecular formula is C14H13ClN4OS. The maximum atomic E-state index is 12.1. The van der Waals surface area contributed by atoms with Crippen LogP contribution in [0.25, 0.3) is 10.2 Å². The molecule has 3 aromatic rings. The summed E-state index contributed by atoms with van der Waals surface area (Å²) in [5.41, 5.74) is 0.833. The van der Waals surface area contributed by atoms with Crippen molar-refractivity contribution in [1.82, 2.24) is 14.8 Å². The quantitative estimate of drug-likeness (QED) is 0.796. The van der Waals surface area contributed by atoms with Crippen LogP contribution in [0.1, 0.15) is 19.4 Å². The fourth-order valence-electron chi connectivity index (χ4n) is 2.03. The average Bonchev–Trinajstić information content (AvgIpc) is 3.06. The number of nitrogens with one attached hydrogen (secondary N) is 1. The predicted molar refractivity (Wildman–Crippen MR) is 84.8 cm³/mol. The number of fused-ring (bicyclic) bond motifs is 1. The number of amides is 1. The molecule has 5 nitrogen and oxygen atoms in total. The molecule has 1 unspecified atom stereocenters. The van der Waals surface area contributed by atoms with Gasteiger partial charge in [0.15, 0.2) is 5.13 Å². The molecule has 108 valence electrons. The van der Waals surface area contributed by atoms with Crippen LogP contribution in [-0.4, -0.2) is 20.7 Å². The van der Waals surface area contributed by atoms with Crippen molar-refractivity contribution in [1.29, 1.82) is 0 Å². The lowest BCUT2D eigenvalue weighted by molar-refractivity contribution is -0.116. The molecule has 0 saturated heterocycles. The van der Waals surface area contributed by atoms with E-state index in [1.807, 2.05) is 31.3 Å². The van der Waals surface area contributed by atoms with Gasteiger partial charge in [0, 0.05) is 23.8 Å². The number of hydrogen-bond acceptors (Lipinski definition) is 4. The lowest BCUT2D eigenvalue weighted by atomic mass is 10.2. The summed E-state index contributed by atoms with van der Waals surface area (Å²) in [6, 6.07) is 7.32. The zero-order chi connectivity index (χ0) is 14.8. The first-order chi connectivity index (χ1) is 10.1. The molecule has 2 aromatic heterocycles. The molecule has 7 heteroatoms. The first kappa shape index (κ1) is 14.0. The van der Waals surface area contributed by atoms with Crippen LogP contribution in [0.3, 0.4) is 0 Å². The average molecular weight is 321 g/mol. The Morgan fingerprint density at radius 3 is 3.14 bits per heavy atom. The van der Waals surface area contributed by atoms with Crippen molar-refractivity contribution >= 4 is 44.2 Å². The van der Waals surface area contributed by atoms with Crippen LogP contribution >= 0.6 is 22.9 Å².